The normalized spacial score (nSPS) is 12.1. The van der Waals surface area contributed by atoms with Crippen molar-refractivity contribution in [3.8, 4) is 0 Å². The van der Waals surface area contributed by atoms with Crippen molar-refractivity contribution >= 4 is 51.4 Å². The van der Waals surface area contributed by atoms with Gasteiger partial charge in [0.25, 0.3) is 15.0 Å². The number of rotatable bonds is 6. The van der Waals surface area contributed by atoms with Crippen molar-refractivity contribution in [2.45, 2.75) is 11.3 Å². The molecule has 10 heteroatoms. The van der Waals surface area contributed by atoms with Crippen LogP contribution in [0, 0.1) is 0 Å². The largest absolute Gasteiger partial charge is 0.352 e. The molecule has 0 saturated heterocycles. The third kappa shape index (κ3) is 6.77. The SMILES string of the molecule is CS(=O)(=O)CCCNC(=O)c1cc(Br)cc(S(=O)(=O)Cl)c1. The maximum atomic E-state index is 11.9. The van der Waals surface area contributed by atoms with E-state index >= 15 is 0 Å². The monoisotopic (exact) mass is 417 g/mol. The molecule has 0 spiro atoms. The van der Waals surface area contributed by atoms with Crippen LogP contribution in [0.25, 0.3) is 0 Å². The van der Waals surface area contributed by atoms with Crippen LogP contribution in [0.15, 0.2) is 27.6 Å². The summed E-state index contributed by atoms with van der Waals surface area (Å²) in [5, 5.41) is 2.52. The molecule has 21 heavy (non-hydrogen) atoms. The molecule has 0 atom stereocenters. The lowest BCUT2D eigenvalue weighted by Crippen LogP contribution is -2.26. The van der Waals surface area contributed by atoms with Crippen LogP contribution >= 0.6 is 26.6 Å². The molecule has 0 aliphatic rings. The molecule has 0 bridgehead atoms. The first-order valence-corrected chi connectivity index (χ1v) is 10.9. The number of benzene rings is 1. The molecule has 0 heterocycles. The van der Waals surface area contributed by atoms with Crippen LogP contribution in [-0.4, -0.2) is 41.3 Å². The summed E-state index contributed by atoms with van der Waals surface area (Å²) in [5.74, 6) is -0.543. The van der Waals surface area contributed by atoms with E-state index in [0.29, 0.717) is 4.47 Å². The molecule has 0 radical (unpaired) electrons. The number of carbonyl (C=O) groups excluding carboxylic acids is 1. The van der Waals surface area contributed by atoms with Crippen molar-refractivity contribution in [1.29, 1.82) is 0 Å². The lowest BCUT2D eigenvalue weighted by Gasteiger charge is -2.07. The van der Waals surface area contributed by atoms with Crippen LogP contribution in [0.5, 0.6) is 0 Å². The first-order valence-electron chi connectivity index (χ1n) is 5.70. The van der Waals surface area contributed by atoms with Gasteiger partial charge in [0.15, 0.2) is 0 Å². The molecule has 1 aromatic carbocycles. The summed E-state index contributed by atoms with van der Waals surface area (Å²) in [4.78, 5) is 11.7. The summed E-state index contributed by atoms with van der Waals surface area (Å²) >= 11 is 3.10. The zero-order valence-corrected chi connectivity index (χ0v) is 14.9. The van der Waals surface area contributed by atoms with E-state index in [-0.39, 0.29) is 29.2 Å². The van der Waals surface area contributed by atoms with Crippen molar-refractivity contribution in [3.05, 3.63) is 28.2 Å². The van der Waals surface area contributed by atoms with Gasteiger partial charge >= 0.3 is 0 Å². The number of amides is 1. The van der Waals surface area contributed by atoms with E-state index in [9.17, 15) is 21.6 Å². The lowest BCUT2D eigenvalue weighted by atomic mass is 10.2. The first-order chi connectivity index (χ1) is 9.49. The van der Waals surface area contributed by atoms with Gasteiger partial charge in [-0.3, -0.25) is 4.79 Å². The quantitative estimate of drug-likeness (QED) is 0.558. The molecule has 0 unspecified atom stereocenters. The van der Waals surface area contributed by atoms with Crippen LogP contribution < -0.4 is 5.32 Å². The second-order valence-corrected chi connectivity index (χ2v) is 10.1. The van der Waals surface area contributed by atoms with Gasteiger partial charge in [-0.2, -0.15) is 0 Å². The molecular weight excluding hydrogens is 406 g/mol. The third-order valence-corrected chi connectivity index (χ3v) is 5.21. The molecule has 1 rings (SSSR count). The second kappa shape index (κ2) is 7.08. The van der Waals surface area contributed by atoms with Gasteiger partial charge in [-0.05, 0) is 24.6 Å². The van der Waals surface area contributed by atoms with E-state index in [1.54, 1.807) is 0 Å². The van der Waals surface area contributed by atoms with E-state index in [1.165, 1.54) is 12.1 Å². The Kier molecular flexibility index (Phi) is 6.21. The van der Waals surface area contributed by atoms with Gasteiger partial charge in [-0.25, -0.2) is 16.8 Å². The van der Waals surface area contributed by atoms with Crippen molar-refractivity contribution in [1.82, 2.24) is 5.32 Å². The third-order valence-electron chi connectivity index (χ3n) is 2.39. The Morgan fingerprint density at radius 2 is 1.86 bits per heavy atom. The van der Waals surface area contributed by atoms with Gasteiger partial charge in [-0.1, -0.05) is 15.9 Å². The maximum Gasteiger partial charge on any atom is 0.261 e. The van der Waals surface area contributed by atoms with Crippen LogP contribution in [-0.2, 0) is 18.9 Å². The van der Waals surface area contributed by atoms with Crippen LogP contribution in [0.2, 0.25) is 0 Å². The van der Waals surface area contributed by atoms with Crippen LogP contribution in [0.1, 0.15) is 16.8 Å². The Balaban J connectivity index is 2.77. The lowest BCUT2D eigenvalue weighted by molar-refractivity contribution is 0.0953. The van der Waals surface area contributed by atoms with E-state index in [2.05, 4.69) is 21.2 Å². The minimum Gasteiger partial charge on any atom is -0.352 e. The number of halogens is 2. The summed E-state index contributed by atoms with van der Waals surface area (Å²) in [7, 11) is -1.78. The number of hydrogen-bond donors (Lipinski definition) is 1. The standard InChI is InChI=1S/C11H13BrClNO5S2/c1-20(16,17)4-2-3-14-11(15)8-5-9(12)7-10(6-8)21(13,18)19/h5-7H,2-4H2,1H3,(H,14,15). The minimum atomic E-state index is -3.94. The summed E-state index contributed by atoms with van der Waals surface area (Å²) in [5.41, 5.74) is 0.114. The predicted molar refractivity (Wildman–Crippen MR) is 83.8 cm³/mol. The van der Waals surface area contributed by atoms with Crippen LogP contribution in [0.4, 0.5) is 0 Å². The topological polar surface area (TPSA) is 97.4 Å². The Hall–Kier alpha value is -0.640. The van der Waals surface area contributed by atoms with Crippen LogP contribution in [0.3, 0.4) is 0 Å². The Morgan fingerprint density at radius 3 is 2.38 bits per heavy atom. The van der Waals surface area contributed by atoms with Gasteiger partial charge in [0, 0.05) is 33.5 Å². The maximum absolute atomic E-state index is 11.9. The number of nitrogens with one attached hydrogen (secondary N) is 1. The van der Waals surface area contributed by atoms with Crippen molar-refractivity contribution in [2.75, 3.05) is 18.6 Å². The Morgan fingerprint density at radius 1 is 1.24 bits per heavy atom. The summed E-state index contributed by atoms with van der Waals surface area (Å²) in [6.45, 7) is 0.168. The summed E-state index contributed by atoms with van der Waals surface area (Å²) in [6.07, 6.45) is 1.39. The van der Waals surface area contributed by atoms with E-state index < -0.39 is 24.8 Å². The highest BCUT2D eigenvalue weighted by Gasteiger charge is 2.15. The molecule has 0 saturated carbocycles. The van der Waals surface area contributed by atoms with E-state index in [0.717, 1.165) is 12.3 Å². The fourth-order valence-corrected chi connectivity index (χ4v) is 3.59. The second-order valence-electron chi connectivity index (χ2n) is 4.35. The highest BCUT2D eigenvalue weighted by molar-refractivity contribution is 9.10. The number of carbonyl (C=O) groups is 1. The molecule has 0 aliphatic heterocycles. The molecule has 0 aromatic heterocycles. The van der Waals surface area contributed by atoms with Crippen molar-refractivity contribution in [2.24, 2.45) is 0 Å². The molecule has 1 N–H and O–H groups in total. The Bertz CT molecular complexity index is 746. The van der Waals surface area contributed by atoms with Gasteiger partial charge in [-0.15, -0.1) is 0 Å². The van der Waals surface area contributed by atoms with Gasteiger partial charge in [0.1, 0.15) is 9.84 Å². The molecule has 118 valence electrons. The zero-order chi connectivity index (χ0) is 16.3. The molecule has 1 aromatic rings. The summed E-state index contributed by atoms with van der Waals surface area (Å²) in [6, 6.07) is 3.87. The zero-order valence-electron chi connectivity index (χ0n) is 11.0. The fraction of sp³-hybridized carbons (Fsp3) is 0.364. The molecule has 1 amide bonds. The first kappa shape index (κ1) is 18.4. The number of sulfone groups is 1. The highest BCUT2D eigenvalue weighted by Crippen LogP contribution is 2.22. The average Bonchev–Trinajstić information content (AvgIpc) is 2.31. The minimum absolute atomic E-state index is 0.0346. The average molecular weight is 419 g/mol. The van der Waals surface area contributed by atoms with Crippen molar-refractivity contribution in [3.63, 3.8) is 0 Å². The van der Waals surface area contributed by atoms with Gasteiger partial charge < -0.3 is 5.32 Å². The molecule has 0 fully saturated rings. The smallest absolute Gasteiger partial charge is 0.261 e. The number of hydrogen-bond acceptors (Lipinski definition) is 5. The predicted octanol–water partition coefficient (Wildman–Crippen LogP) is 1.54. The molecule has 0 aliphatic carbocycles. The van der Waals surface area contributed by atoms with E-state index in [1.807, 2.05) is 0 Å². The fourth-order valence-electron chi connectivity index (χ4n) is 1.47. The molecule has 6 nitrogen and oxygen atoms in total. The van der Waals surface area contributed by atoms with E-state index in [4.69, 9.17) is 10.7 Å². The van der Waals surface area contributed by atoms with Gasteiger partial charge in [0.05, 0.1) is 10.6 Å². The Labute approximate surface area is 136 Å². The van der Waals surface area contributed by atoms with Gasteiger partial charge in [0.2, 0.25) is 0 Å². The molecular formula is C11H13BrClNO5S2. The van der Waals surface area contributed by atoms with Crippen molar-refractivity contribution < 1.29 is 21.6 Å². The summed E-state index contributed by atoms with van der Waals surface area (Å²) < 4.78 is 44.8. The highest BCUT2D eigenvalue weighted by atomic mass is 79.9.